The molecule has 0 radical (unpaired) electrons. The molecule has 5 rings (SSSR count). The molecule has 3 aromatic carbocycles. The summed E-state index contributed by atoms with van der Waals surface area (Å²) in [5.41, 5.74) is 4.29. The van der Waals surface area contributed by atoms with E-state index in [-0.39, 0.29) is 23.8 Å². The highest BCUT2D eigenvalue weighted by atomic mass is 16.2. The number of fused-ring (bicyclic) bond motifs is 1. The van der Waals surface area contributed by atoms with Crippen LogP contribution in [0.15, 0.2) is 109 Å². The summed E-state index contributed by atoms with van der Waals surface area (Å²) >= 11 is 0. The van der Waals surface area contributed by atoms with Gasteiger partial charge in [-0.25, -0.2) is 0 Å². The predicted molar refractivity (Wildman–Crippen MR) is 126 cm³/mol. The third kappa shape index (κ3) is 3.33. The van der Waals surface area contributed by atoms with Crippen LogP contribution in [0.2, 0.25) is 0 Å². The fourth-order valence-electron chi connectivity index (χ4n) is 5.16. The molecule has 1 fully saturated rings. The van der Waals surface area contributed by atoms with Gasteiger partial charge in [-0.15, -0.1) is 0 Å². The molecular formula is C29H27NO. The largest absolute Gasteiger partial charge is 0.325 e. The molecule has 0 bridgehead atoms. The summed E-state index contributed by atoms with van der Waals surface area (Å²) in [5, 5.41) is 0. The van der Waals surface area contributed by atoms with Crippen LogP contribution in [0, 0.1) is 11.8 Å². The molecule has 1 aliphatic carbocycles. The van der Waals surface area contributed by atoms with Gasteiger partial charge >= 0.3 is 0 Å². The fraction of sp³-hybridized carbons (Fsp3) is 0.207. The van der Waals surface area contributed by atoms with Gasteiger partial charge in [0, 0.05) is 5.92 Å². The quantitative estimate of drug-likeness (QED) is 0.492. The number of likely N-dealkylation sites (tertiary alicyclic amines) is 1. The number of rotatable bonds is 4. The molecule has 31 heavy (non-hydrogen) atoms. The number of allylic oxidation sites excluding steroid dienone is 2. The van der Waals surface area contributed by atoms with Gasteiger partial charge in [-0.1, -0.05) is 109 Å². The summed E-state index contributed by atoms with van der Waals surface area (Å²) in [6, 6.07) is 31.3. The third-order valence-corrected chi connectivity index (χ3v) is 6.77. The van der Waals surface area contributed by atoms with E-state index in [0.717, 1.165) is 5.56 Å². The Morgan fingerprint density at radius 1 is 0.774 bits per heavy atom. The first kappa shape index (κ1) is 19.6. The van der Waals surface area contributed by atoms with E-state index < -0.39 is 5.54 Å². The molecule has 2 nitrogen and oxygen atoms in total. The first-order valence-corrected chi connectivity index (χ1v) is 11.0. The van der Waals surface area contributed by atoms with Crippen LogP contribution in [0.25, 0.3) is 5.57 Å². The minimum atomic E-state index is -0.426. The Bertz CT molecular complexity index is 1130. The Morgan fingerprint density at radius 3 is 2.00 bits per heavy atom. The van der Waals surface area contributed by atoms with E-state index in [1.165, 1.54) is 16.7 Å². The van der Waals surface area contributed by atoms with Crippen molar-refractivity contribution in [2.45, 2.75) is 25.4 Å². The van der Waals surface area contributed by atoms with Crippen LogP contribution >= 0.6 is 0 Å². The lowest BCUT2D eigenvalue weighted by atomic mass is 9.80. The van der Waals surface area contributed by atoms with Crippen LogP contribution in [0.5, 0.6) is 0 Å². The molecule has 0 spiro atoms. The van der Waals surface area contributed by atoms with Crippen LogP contribution in [0.3, 0.4) is 0 Å². The average Bonchev–Trinajstić information content (AvgIpc) is 3.13. The van der Waals surface area contributed by atoms with E-state index in [2.05, 4.69) is 110 Å². The third-order valence-electron chi connectivity index (χ3n) is 6.77. The number of nitrogens with zero attached hydrogens (tertiary/aromatic N) is 1. The molecule has 1 saturated heterocycles. The summed E-state index contributed by atoms with van der Waals surface area (Å²) in [5.74, 6) is 0.158. The van der Waals surface area contributed by atoms with Gasteiger partial charge in [0.1, 0.15) is 0 Å². The van der Waals surface area contributed by atoms with E-state index in [1.54, 1.807) is 0 Å². The van der Waals surface area contributed by atoms with E-state index in [1.807, 2.05) is 18.2 Å². The first-order chi connectivity index (χ1) is 15.1. The number of carbonyl (C=O) groups excluding carboxylic acids is 1. The molecule has 0 N–H and O–H groups in total. The van der Waals surface area contributed by atoms with Crippen molar-refractivity contribution in [2.24, 2.45) is 11.8 Å². The van der Waals surface area contributed by atoms with Crippen LogP contribution in [-0.4, -0.2) is 10.8 Å². The van der Waals surface area contributed by atoms with E-state index in [4.69, 9.17) is 0 Å². The Labute approximate surface area is 184 Å². The zero-order valence-electron chi connectivity index (χ0n) is 18.0. The molecule has 3 atom stereocenters. The summed E-state index contributed by atoms with van der Waals surface area (Å²) in [6.07, 6.45) is 6.55. The van der Waals surface area contributed by atoms with Gasteiger partial charge < -0.3 is 4.90 Å². The van der Waals surface area contributed by atoms with Crippen molar-refractivity contribution < 1.29 is 4.79 Å². The maximum Gasteiger partial charge on any atom is 0.231 e. The normalized spacial score (nSPS) is 22.9. The molecule has 2 heteroatoms. The average molecular weight is 406 g/mol. The Hall–Kier alpha value is -3.39. The molecule has 0 saturated carbocycles. The summed E-state index contributed by atoms with van der Waals surface area (Å²) < 4.78 is 0. The van der Waals surface area contributed by atoms with Crippen molar-refractivity contribution in [3.8, 4) is 0 Å². The lowest BCUT2D eigenvalue weighted by molar-refractivity contribution is -0.136. The second-order valence-electron chi connectivity index (χ2n) is 8.94. The van der Waals surface area contributed by atoms with Gasteiger partial charge in [0.05, 0.1) is 17.5 Å². The van der Waals surface area contributed by atoms with Crippen molar-refractivity contribution in [3.63, 3.8) is 0 Å². The molecular weight excluding hydrogens is 378 g/mol. The predicted octanol–water partition coefficient (Wildman–Crippen LogP) is 6.39. The lowest BCUT2D eigenvalue weighted by Crippen LogP contribution is -2.44. The van der Waals surface area contributed by atoms with Crippen LogP contribution < -0.4 is 0 Å². The second kappa shape index (κ2) is 7.70. The molecule has 1 heterocycles. The lowest BCUT2D eigenvalue weighted by Gasteiger charge is -2.41. The van der Waals surface area contributed by atoms with Crippen molar-refractivity contribution in [1.29, 1.82) is 0 Å². The van der Waals surface area contributed by atoms with Crippen molar-refractivity contribution >= 4 is 11.5 Å². The van der Waals surface area contributed by atoms with E-state index in [9.17, 15) is 4.79 Å². The summed E-state index contributed by atoms with van der Waals surface area (Å²) in [6.45, 7) is 4.33. The first-order valence-electron chi connectivity index (χ1n) is 11.0. The topological polar surface area (TPSA) is 20.3 Å². The molecule has 1 aliphatic heterocycles. The van der Waals surface area contributed by atoms with Gasteiger partial charge in [-0.2, -0.15) is 0 Å². The van der Waals surface area contributed by atoms with Crippen molar-refractivity contribution in [3.05, 3.63) is 126 Å². The zero-order chi connectivity index (χ0) is 21.4. The maximum atomic E-state index is 13.8. The highest BCUT2D eigenvalue weighted by Crippen LogP contribution is 2.51. The Kier molecular flexibility index (Phi) is 4.86. The molecule has 154 valence electrons. The molecule has 3 aromatic rings. The summed E-state index contributed by atoms with van der Waals surface area (Å²) in [4.78, 5) is 16.0. The van der Waals surface area contributed by atoms with Crippen LogP contribution in [-0.2, 0) is 10.3 Å². The fourth-order valence-corrected chi connectivity index (χ4v) is 5.16. The van der Waals surface area contributed by atoms with Gasteiger partial charge in [0.25, 0.3) is 0 Å². The minimum absolute atomic E-state index is 0.0161. The number of benzene rings is 3. The highest BCUT2D eigenvalue weighted by Gasteiger charge is 2.52. The molecule has 1 amide bonds. The van der Waals surface area contributed by atoms with E-state index in [0.29, 0.717) is 0 Å². The Balaban J connectivity index is 1.64. The van der Waals surface area contributed by atoms with Crippen LogP contribution in [0.1, 0.15) is 36.6 Å². The van der Waals surface area contributed by atoms with Crippen molar-refractivity contribution in [1.82, 2.24) is 4.90 Å². The van der Waals surface area contributed by atoms with Crippen LogP contribution in [0.4, 0.5) is 0 Å². The van der Waals surface area contributed by atoms with Gasteiger partial charge in [0.2, 0.25) is 5.91 Å². The smallest absolute Gasteiger partial charge is 0.231 e. The van der Waals surface area contributed by atoms with Gasteiger partial charge in [-0.3, -0.25) is 4.79 Å². The second-order valence-corrected chi connectivity index (χ2v) is 8.94. The number of hydrogen-bond donors (Lipinski definition) is 0. The highest BCUT2D eigenvalue weighted by molar-refractivity contribution is 5.89. The molecule has 0 unspecified atom stereocenters. The van der Waals surface area contributed by atoms with Crippen molar-refractivity contribution in [2.75, 3.05) is 0 Å². The maximum absolute atomic E-state index is 13.8. The monoisotopic (exact) mass is 405 g/mol. The Morgan fingerprint density at radius 2 is 1.35 bits per heavy atom. The van der Waals surface area contributed by atoms with Gasteiger partial charge in [-0.05, 0) is 36.1 Å². The number of amides is 1. The number of carbonyl (C=O) groups is 1. The SMILES string of the molecule is CC(C)(c1ccccc1)N1C(=O)[C@@H]2C=CC(c3ccccc3)=C[C@@H]2[C@H]1c1ccccc1. The number of hydrogen-bond acceptors (Lipinski definition) is 1. The zero-order valence-corrected chi connectivity index (χ0v) is 18.0. The summed E-state index contributed by atoms with van der Waals surface area (Å²) in [7, 11) is 0. The molecule has 0 aromatic heterocycles. The van der Waals surface area contributed by atoms with Gasteiger partial charge in [0.15, 0.2) is 0 Å². The van der Waals surface area contributed by atoms with E-state index >= 15 is 0 Å². The standard InChI is InChI=1S/C29H27NO/c1-29(2,24-16-10-5-11-17-24)30-27(22-14-8-4-9-15-22)26-20-23(18-19-25(26)28(30)31)21-12-6-3-7-13-21/h3-20,25-27H,1-2H3/t25-,26+,27-/m1/s1. The minimum Gasteiger partial charge on any atom is -0.325 e. The molecule has 2 aliphatic rings.